The largest absolute Gasteiger partial charge is 0.496 e. The van der Waals surface area contributed by atoms with E-state index in [0.717, 1.165) is 0 Å². The molecule has 1 aliphatic rings. The minimum atomic E-state index is -0.554. The first-order valence-corrected chi connectivity index (χ1v) is 8.15. The Morgan fingerprint density at radius 1 is 0.923 bits per heavy atom. The lowest BCUT2D eigenvalue weighted by molar-refractivity contribution is 0.248. The van der Waals surface area contributed by atoms with E-state index in [9.17, 15) is 4.79 Å². The molecule has 1 aliphatic heterocycles. The zero-order valence-electron chi connectivity index (χ0n) is 14.8. The number of fused-ring (bicyclic) bond motifs is 1. The summed E-state index contributed by atoms with van der Waals surface area (Å²) in [6.45, 7) is 0. The molecule has 0 saturated carbocycles. The quantitative estimate of drug-likeness (QED) is 0.831. The third-order valence-corrected chi connectivity index (χ3v) is 4.42. The average Bonchev–Trinajstić information content (AvgIpc) is 2.65. The van der Waals surface area contributed by atoms with Crippen molar-refractivity contribution >= 4 is 23.3 Å². The lowest BCUT2D eigenvalue weighted by Gasteiger charge is -2.31. The molecule has 0 aliphatic carbocycles. The minimum absolute atomic E-state index is 0.362. The fourth-order valence-electron chi connectivity index (χ4n) is 3.09. The molecule has 0 aromatic heterocycles. The SMILES string of the molecule is COc1ccc(Cl)cc1C1NC(=O)Nc2cc(OC)c(OC)c(OC)c21. The molecular weight excluding hydrogens is 360 g/mol. The van der Waals surface area contributed by atoms with Gasteiger partial charge in [-0.1, -0.05) is 11.6 Å². The fourth-order valence-corrected chi connectivity index (χ4v) is 3.27. The van der Waals surface area contributed by atoms with Crippen LogP contribution in [0.3, 0.4) is 0 Å². The van der Waals surface area contributed by atoms with Crippen LogP contribution in [0.25, 0.3) is 0 Å². The molecule has 1 unspecified atom stereocenters. The van der Waals surface area contributed by atoms with Crippen molar-refractivity contribution < 1.29 is 23.7 Å². The smallest absolute Gasteiger partial charge is 0.320 e. The third-order valence-electron chi connectivity index (χ3n) is 4.18. The number of methoxy groups -OCH3 is 4. The van der Waals surface area contributed by atoms with Gasteiger partial charge in [-0.25, -0.2) is 4.79 Å². The summed E-state index contributed by atoms with van der Waals surface area (Å²) in [5, 5.41) is 6.19. The first-order valence-electron chi connectivity index (χ1n) is 7.77. The maximum Gasteiger partial charge on any atom is 0.320 e. The van der Waals surface area contributed by atoms with E-state index in [1.165, 1.54) is 21.3 Å². The normalized spacial score (nSPS) is 15.4. The molecule has 1 atom stereocenters. The van der Waals surface area contributed by atoms with Gasteiger partial charge in [-0.05, 0) is 18.2 Å². The van der Waals surface area contributed by atoms with Crippen LogP contribution in [0.1, 0.15) is 17.2 Å². The maximum absolute atomic E-state index is 12.2. The summed E-state index contributed by atoms with van der Waals surface area (Å²) in [7, 11) is 6.13. The van der Waals surface area contributed by atoms with Crippen molar-refractivity contribution in [3.8, 4) is 23.0 Å². The van der Waals surface area contributed by atoms with Gasteiger partial charge in [0.05, 0.1) is 40.2 Å². The number of carbonyl (C=O) groups excluding carboxylic acids is 1. The molecule has 0 bridgehead atoms. The standard InChI is InChI=1S/C18H19ClN2O5/c1-23-12-6-5-9(19)7-10(12)15-14-11(20-18(22)21-15)8-13(24-2)16(25-3)17(14)26-4/h5-8,15H,1-4H3,(H2,20,21,22). The van der Waals surface area contributed by atoms with Crippen molar-refractivity contribution in [3.63, 3.8) is 0 Å². The van der Waals surface area contributed by atoms with Gasteiger partial charge >= 0.3 is 6.03 Å². The van der Waals surface area contributed by atoms with Crippen molar-refractivity contribution in [2.24, 2.45) is 0 Å². The number of carbonyl (C=O) groups is 1. The van der Waals surface area contributed by atoms with Gasteiger partial charge in [-0.3, -0.25) is 0 Å². The van der Waals surface area contributed by atoms with E-state index in [1.54, 1.807) is 31.4 Å². The van der Waals surface area contributed by atoms with Crippen molar-refractivity contribution in [1.82, 2.24) is 5.32 Å². The highest BCUT2D eigenvalue weighted by atomic mass is 35.5. The van der Waals surface area contributed by atoms with Crippen molar-refractivity contribution in [1.29, 1.82) is 0 Å². The lowest BCUT2D eigenvalue weighted by atomic mass is 9.93. The van der Waals surface area contributed by atoms with E-state index >= 15 is 0 Å². The van der Waals surface area contributed by atoms with E-state index in [-0.39, 0.29) is 6.03 Å². The zero-order chi connectivity index (χ0) is 18.8. The molecule has 0 spiro atoms. The Balaban J connectivity index is 2.30. The Labute approximate surface area is 156 Å². The molecular formula is C18H19ClN2O5. The summed E-state index contributed by atoms with van der Waals surface area (Å²) in [5.41, 5.74) is 1.93. The van der Waals surface area contributed by atoms with E-state index in [1.807, 2.05) is 0 Å². The molecule has 8 heteroatoms. The van der Waals surface area contributed by atoms with Crippen LogP contribution >= 0.6 is 11.6 Å². The molecule has 26 heavy (non-hydrogen) atoms. The molecule has 0 fully saturated rings. The summed E-state index contributed by atoms with van der Waals surface area (Å²) in [4.78, 5) is 12.2. The van der Waals surface area contributed by atoms with Gasteiger partial charge in [-0.15, -0.1) is 0 Å². The van der Waals surface area contributed by atoms with Gasteiger partial charge in [-0.2, -0.15) is 0 Å². The number of benzene rings is 2. The number of urea groups is 1. The summed E-state index contributed by atoms with van der Waals surface area (Å²) >= 11 is 6.18. The summed E-state index contributed by atoms with van der Waals surface area (Å²) < 4.78 is 21.9. The Kier molecular flexibility index (Phi) is 4.99. The van der Waals surface area contributed by atoms with Gasteiger partial charge in [0.25, 0.3) is 0 Å². The van der Waals surface area contributed by atoms with Crippen LogP contribution in [-0.4, -0.2) is 34.5 Å². The molecule has 0 saturated heterocycles. The fraction of sp³-hybridized carbons (Fsp3) is 0.278. The van der Waals surface area contributed by atoms with E-state index in [4.69, 9.17) is 30.5 Å². The van der Waals surface area contributed by atoms with Gasteiger partial charge in [0.15, 0.2) is 11.5 Å². The molecule has 138 valence electrons. The number of rotatable bonds is 5. The van der Waals surface area contributed by atoms with E-state index < -0.39 is 6.04 Å². The molecule has 1 heterocycles. The Bertz CT molecular complexity index is 856. The third kappa shape index (κ3) is 2.94. The summed E-state index contributed by atoms with van der Waals surface area (Å²) in [6.07, 6.45) is 0. The van der Waals surface area contributed by atoms with Crippen LogP contribution in [0.15, 0.2) is 24.3 Å². The van der Waals surface area contributed by atoms with Gasteiger partial charge in [0.2, 0.25) is 5.75 Å². The number of hydrogen-bond donors (Lipinski definition) is 2. The zero-order valence-corrected chi connectivity index (χ0v) is 15.6. The van der Waals surface area contributed by atoms with Gasteiger partial charge < -0.3 is 29.6 Å². The van der Waals surface area contributed by atoms with Crippen molar-refractivity contribution in [2.45, 2.75) is 6.04 Å². The van der Waals surface area contributed by atoms with E-state index in [0.29, 0.717) is 44.8 Å². The predicted octanol–water partition coefficient (Wildman–Crippen LogP) is 3.60. The molecule has 2 amide bonds. The second-order valence-electron chi connectivity index (χ2n) is 5.52. The highest BCUT2D eigenvalue weighted by Gasteiger charge is 2.34. The summed E-state index contributed by atoms with van der Waals surface area (Å²) in [6, 6.07) is 6.00. The first kappa shape index (κ1) is 18.0. The molecule has 3 rings (SSSR count). The van der Waals surface area contributed by atoms with E-state index in [2.05, 4.69) is 10.6 Å². The van der Waals surface area contributed by atoms with Crippen molar-refractivity contribution in [3.05, 3.63) is 40.4 Å². The van der Waals surface area contributed by atoms with Crippen LogP contribution < -0.4 is 29.6 Å². The van der Waals surface area contributed by atoms with Crippen molar-refractivity contribution in [2.75, 3.05) is 33.8 Å². The Morgan fingerprint density at radius 2 is 1.62 bits per heavy atom. The Morgan fingerprint density at radius 3 is 2.23 bits per heavy atom. The average molecular weight is 379 g/mol. The molecule has 2 N–H and O–H groups in total. The number of halogens is 1. The highest BCUT2D eigenvalue weighted by Crippen LogP contribution is 2.50. The number of anilines is 1. The number of ether oxygens (including phenoxy) is 4. The topological polar surface area (TPSA) is 78.1 Å². The molecule has 7 nitrogen and oxygen atoms in total. The minimum Gasteiger partial charge on any atom is -0.496 e. The van der Waals surface area contributed by atoms with Crippen LogP contribution in [0.4, 0.5) is 10.5 Å². The maximum atomic E-state index is 12.2. The van der Waals surface area contributed by atoms with Crippen LogP contribution in [0.5, 0.6) is 23.0 Å². The van der Waals surface area contributed by atoms with Gasteiger partial charge in [0, 0.05) is 22.2 Å². The highest BCUT2D eigenvalue weighted by molar-refractivity contribution is 6.30. The second-order valence-corrected chi connectivity index (χ2v) is 5.96. The van der Waals surface area contributed by atoms with Crippen LogP contribution in [0, 0.1) is 0 Å². The monoisotopic (exact) mass is 378 g/mol. The van der Waals surface area contributed by atoms with Crippen LogP contribution in [0.2, 0.25) is 5.02 Å². The summed E-state index contributed by atoms with van der Waals surface area (Å²) in [5.74, 6) is 1.91. The van der Waals surface area contributed by atoms with Crippen LogP contribution in [-0.2, 0) is 0 Å². The first-order chi connectivity index (χ1) is 12.5. The Hall–Kier alpha value is -2.80. The molecule has 2 aromatic rings. The second kappa shape index (κ2) is 7.21. The molecule has 2 aromatic carbocycles. The predicted molar refractivity (Wildman–Crippen MR) is 98.1 cm³/mol. The van der Waals surface area contributed by atoms with Gasteiger partial charge in [0.1, 0.15) is 5.75 Å². The number of amides is 2. The lowest BCUT2D eigenvalue weighted by Crippen LogP contribution is -2.38. The number of hydrogen-bond acceptors (Lipinski definition) is 5. The molecule has 0 radical (unpaired) electrons. The number of nitrogens with one attached hydrogen (secondary N) is 2.